The maximum absolute atomic E-state index is 13.2. The molecule has 0 spiro atoms. The van der Waals surface area contributed by atoms with Crippen molar-refractivity contribution in [2.75, 3.05) is 5.32 Å². The Hall–Kier alpha value is -0.810. The van der Waals surface area contributed by atoms with Gasteiger partial charge in [0.2, 0.25) is 5.91 Å². The van der Waals surface area contributed by atoms with Crippen LogP contribution in [0.2, 0.25) is 5.02 Å². The van der Waals surface area contributed by atoms with E-state index in [0.717, 1.165) is 6.07 Å². The van der Waals surface area contributed by atoms with Crippen molar-refractivity contribution in [3.63, 3.8) is 0 Å². The lowest BCUT2D eigenvalue weighted by molar-refractivity contribution is -0.115. The van der Waals surface area contributed by atoms with Crippen LogP contribution >= 0.6 is 24.2 Å². The van der Waals surface area contributed by atoms with Crippen molar-refractivity contribution in [1.29, 1.82) is 0 Å². The van der Waals surface area contributed by atoms with E-state index >= 15 is 0 Å². The van der Waals surface area contributed by atoms with Gasteiger partial charge in [-0.1, -0.05) is 11.6 Å². The number of anilines is 1. The molecule has 0 aliphatic rings. The topological polar surface area (TPSA) is 29.1 Å². The van der Waals surface area contributed by atoms with Crippen LogP contribution in [0.1, 0.15) is 6.92 Å². The van der Waals surface area contributed by atoms with Crippen molar-refractivity contribution in [2.45, 2.75) is 12.2 Å². The van der Waals surface area contributed by atoms with Gasteiger partial charge in [0.05, 0.1) is 16.0 Å². The van der Waals surface area contributed by atoms with E-state index in [1.165, 1.54) is 6.92 Å². The second-order valence-electron chi connectivity index (χ2n) is 2.91. The van der Waals surface area contributed by atoms with Crippen LogP contribution in [0, 0.1) is 11.6 Å². The minimum absolute atomic E-state index is 0.185. The summed E-state index contributed by atoms with van der Waals surface area (Å²) in [4.78, 5) is 11.2. The summed E-state index contributed by atoms with van der Waals surface area (Å²) in [5.74, 6) is -2.22. The molecule has 2 nitrogen and oxygen atoms in total. The van der Waals surface area contributed by atoms with Crippen LogP contribution in [-0.4, -0.2) is 11.2 Å². The normalized spacial score (nSPS) is 12.3. The highest BCUT2D eigenvalue weighted by atomic mass is 35.5. The molecule has 82 valence electrons. The molecule has 1 rings (SSSR count). The van der Waals surface area contributed by atoms with E-state index in [4.69, 9.17) is 11.6 Å². The smallest absolute Gasteiger partial charge is 0.237 e. The van der Waals surface area contributed by atoms with E-state index in [-0.39, 0.29) is 10.7 Å². The first-order chi connectivity index (χ1) is 6.91. The number of benzene rings is 1. The molecule has 0 saturated carbocycles. The van der Waals surface area contributed by atoms with Gasteiger partial charge in [-0.05, 0) is 13.0 Å². The highest BCUT2D eigenvalue weighted by Crippen LogP contribution is 2.26. The molecule has 1 amide bonds. The van der Waals surface area contributed by atoms with Gasteiger partial charge in [0.25, 0.3) is 0 Å². The van der Waals surface area contributed by atoms with Gasteiger partial charge in [-0.15, -0.1) is 0 Å². The SMILES string of the molecule is CC(S)C(=O)Nc1c(F)cc(F)cc1Cl. The minimum Gasteiger partial charge on any atom is -0.321 e. The fourth-order valence-corrected chi connectivity index (χ4v) is 1.20. The molecule has 6 heteroatoms. The average Bonchev–Trinajstić information content (AvgIpc) is 2.10. The predicted molar refractivity (Wildman–Crippen MR) is 58.4 cm³/mol. The molecule has 1 unspecified atom stereocenters. The number of nitrogens with one attached hydrogen (secondary N) is 1. The summed E-state index contributed by atoms with van der Waals surface area (Å²) < 4.78 is 25.8. The molecule has 0 radical (unpaired) electrons. The lowest BCUT2D eigenvalue weighted by Crippen LogP contribution is -2.21. The first-order valence-electron chi connectivity index (χ1n) is 4.05. The Kier molecular flexibility index (Phi) is 3.93. The lowest BCUT2D eigenvalue weighted by atomic mass is 10.3. The zero-order valence-electron chi connectivity index (χ0n) is 7.72. The Morgan fingerprint density at radius 1 is 1.53 bits per heavy atom. The molecular formula is C9H8ClF2NOS. The number of rotatable bonds is 2. The fraction of sp³-hybridized carbons (Fsp3) is 0.222. The van der Waals surface area contributed by atoms with E-state index in [1.807, 2.05) is 0 Å². The van der Waals surface area contributed by atoms with Crippen LogP contribution in [-0.2, 0) is 4.79 Å². The Morgan fingerprint density at radius 2 is 2.13 bits per heavy atom. The number of carbonyl (C=O) groups excluding carboxylic acids is 1. The number of halogens is 3. The molecule has 0 saturated heterocycles. The van der Waals surface area contributed by atoms with E-state index in [2.05, 4.69) is 17.9 Å². The molecule has 0 aliphatic carbocycles. The monoisotopic (exact) mass is 251 g/mol. The first-order valence-corrected chi connectivity index (χ1v) is 4.94. The third-order valence-electron chi connectivity index (χ3n) is 1.63. The van der Waals surface area contributed by atoms with Gasteiger partial charge in [0.15, 0.2) is 5.82 Å². The van der Waals surface area contributed by atoms with Crippen molar-refractivity contribution in [3.05, 3.63) is 28.8 Å². The maximum Gasteiger partial charge on any atom is 0.237 e. The van der Waals surface area contributed by atoms with E-state index in [9.17, 15) is 13.6 Å². The summed E-state index contributed by atoms with van der Waals surface area (Å²) in [7, 11) is 0. The number of hydrogen-bond donors (Lipinski definition) is 2. The molecule has 0 heterocycles. The van der Waals surface area contributed by atoms with Gasteiger partial charge in [-0.3, -0.25) is 4.79 Å². The van der Waals surface area contributed by atoms with Gasteiger partial charge >= 0.3 is 0 Å². The summed E-state index contributed by atoms with van der Waals surface area (Å²) >= 11 is 9.42. The molecule has 15 heavy (non-hydrogen) atoms. The number of thiol groups is 1. The zero-order valence-corrected chi connectivity index (χ0v) is 9.37. The van der Waals surface area contributed by atoms with Crippen molar-refractivity contribution in [2.24, 2.45) is 0 Å². The Morgan fingerprint density at radius 3 is 2.60 bits per heavy atom. The standard InChI is InChI=1S/C9H8ClF2NOS/c1-4(15)9(14)13-8-6(10)2-5(11)3-7(8)12/h2-4,15H,1H3,(H,13,14). The second-order valence-corrected chi connectivity index (χ2v) is 4.09. The average molecular weight is 252 g/mol. The second kappa shape index (κ2) is 4.81. The quantitative estimate of drug-likeness (QED) is 0.778. The van der Waals surface area contributed by atoms with Gasteiger partial charge in [0, 0.05) is 6.07 Å². The van der Waals surface area contributed by atoms with Crippen molar-refractivity contribution >= 4 is 35.8 Å². The van der Waals surface area contributed by atoms with Crippen LogP contribution in [0.25, 0.3) is 0 Å². The molecule has 0 aromatic heterocycles. The van der Waals surface area contributed by atoms with Crippen LogP contribution < -0.4 is 5.32 Å². The number of amides is 1. The molecule has 0 bridgehead atoms. The van der Waals surface area contributed by atoms with Crippen molar-refractivity contribution in [1.82, 2.24) is 0 Å². The third-order valence-corrected chi connectivity index (χ3v) is 2.17. The largest absolute Gasteiger partial charge is 0.321 e. The number of hydrogen-bond acceptors (Lipinski definition) is 2. The van der Waals surface area contributed by atoms with Gasteiger partial charge in [0.1, 0.15) is 5.82 Å². The van der Waals surface area contributed by atoms with Crippen LogP contribution in [0.3, 0.4) is 0 Å². The molecule has 0 fully saturated rings. The van der Waals surface area contributed by atoms with Crippen LogP contribution in [0.4, 0.5) is 14.5 Å². The molecule has 1 aromatic carbocycles. The van der Waals surface area contributed by atoms with Crippen molar-refractivity contribution in [3.8, 4) is 0 Å². The highest BCUT2D eigenvalue weighted by molar-refractivity contribution is 7.81. The molecule has 1 N–H and O–H groups in total. The Labute approximate surface area is 96.0 Å². The Balaban J connectivity index is 3.00. The van der Waals surface area contributed by atoms with Crippen LogP contribution in [0.5, 0.6) is 0 Å². The van der Waals surface area contributed by atoms with Crippen molar-refractivity contribution < 1.29 is 13.6 Å². The van der Waals surface area contributed by atoms with Gasteiger partial charge in [-0.25, -0.2) is 8.78 Å². The predicted octanol–water partition coefficient (Wildman–Crippen LogP) is 2.88. The minimum atomic E-state index is -0.915. The maximum atomic E-state index is 13.2. The molecule has 1 aromatic rings. The summed E-state index contributed by atoms with van der Waals surface area (Å²) in [5.41, 5.74) is -0.232. The van der Waals surface area contributed by atoms with E-state index in [1.54, 1.807) is 0 Å². The first kappa shape index (κ1) is 12.3. The Bertz CT molecular complexity index is 375. The number of carbonyl (C=O) groups is 1. The zero-order chi connectivity index (χ0) is 11.6. The summed E-state index contributed by atoms with van der Waals surface area (Å²) in [6.45, 7) is 1.52. The summed E-state index contributed by atoms with van der Waals surface area (Å²) in [6, 6.07) is 1.56. The fourth-order valence-electron chi connectivity index (χ4n) is 0.889. The van der Waals surface area contributed by atoms with Gasteiger partial charge in [-0.2, -0.15) is 12.6 Å². The molecular weight excluding hydrogens is 244 g/mol. The van der Waals surface area contributed by atoms with E-state index < -0.39 is 22.8 Å². The lowest BCUT2D eigenvalue weighted by Gasteiger charge is -2.09. The van der Waals surface area contributed by atoms with Gasteiger partial charge < -0.3 is 5.32 Å². The third kappa shape index (κ3) is 3.07. The van der Waals surface area contributed by atoms with E-state index in [0.29, 0.717) is 6.07 Å². The summed E-state index contributed by atoms with van der Waals surface area (Å²) in [5, 5.41) is 1.42. The molecule has 0 aliphatic heterocycles. The summed E-state index contributed by atoms with van der Waals surface area (Å²) in [6.07, 6.45) is 0. The molecule has 1 atom stereocenters. The highest BCUT2D eigenvalue weighted by Gasteiger charge is 2.15. The van der Waals surface area contributed by atoms with Crippen LogP contribution in [0.15, 0.2) is 12.1 Å².